The second-order valence-corrected chi connectivity index (χ2v) is 12.1. The van der Waals surface area contributed by atoms with Crippen molar-refractivity contribution in [1.29, 1.82) is 0 Å². The van der Waals surface area contributed by atoms with E-state index in [1.165, 1.54) is 18.2 Å². The van der Waals surface area contributed by atoms with Crippen molar-refractivity contribution < 1.29 is 31.2 Å². The molecule has 3 aromatic rings. The van der Waals surface area contributed by atoms with Crippen LogP contribution in [-0.2, 0) is 32.6 Å². The maximum Gasteiger partial charge on any atom is 0.244 e. The van der Waals surface area contributed by atoms with Gasteiger partial charge in [-0.25, -0.2) is 21.6 Å². The molecule has 1 atom stereocenters. The number of nitrogens with zero attached hydrogens (tertiary/aromatic N) is 2. The standard InChI is InChI=1S/C30H32F3N3O4S/c1-41(39,40)36(24-15-16-26(32)27(33)18-24)20-29(37)35(19-22-11-5-8-14-25(22)31)28(17-21-9-3-2-4-10-21)30(38)34-23-12-6-7-13-23/h2-5,8-11,14-16,18,23,28H,6-7,12-13,17,19-20H2,1H3,(H,34,38)/t28-/m0/s1. The van der Waals surface area contributed by atoms with Gasteiger partial charge in [-0.2, -0.15) is 0 Å². The van der Waals surface area contributed by atoms with Gasteiger partial charge in [-0.1, -0.05) is 61.4 Å². The summed E-state index contributed by atoms with van der Waals surface area (Å²) in [5.74, 6) is -4.32. The van der Waals surface area contributed by atoms with Crippen LogP contribution < -0.4 is 9.62 Å². The molecule has 0 aliphatic heterocycles. The van der Waals surface area contributed by atoms with Crippen molar-refractivity contribution in [3.63, 3.8) is 0 Å². The largest absolute Gasteiger partial charge is 0.352 e. The molecule has 1 aliphatic carbocycles. The highest BCUT2D eigenvalue weighted by molar-refractivity contribution is 7.92. The van der Waals surface area contributed by atoms with E-state index in [1.807, 2.05) is 6.07 Å². The van der Waals surface area contributed by atoms with Crippen LogP contribution in [-0.4, -0.2) is 50.0 Å². The zero-order chi connectivity index (χ0) is 29.6. The van der Waals surface area contributed by atoms with Gasteiger partial charge in [-0.05, 0) is 36.6 Å². The van der Waals surface area contributed by atoms with Gasteiger partial charge in [0.1, 0.15) is 18.4 Å². The third kappa shape index (κ3) is 7.87. The Kier molecular flexibility index (Phi) is 9.69. The highest BCUT2D eigenvalue weighted by Gasteiger charge is 2.34. The third-order valence-corrected chi connectivity index (χ3v) is 8.28. The van der Waals surface area contributed by atoms with Crippen LogP contribution in [0.2, 0.25) is 0 Å². The summed E-state index contributed by atoms with van der Waals surface area (Å²) in [6.45, 7) is -1.14. The molecule has 0 saturated heterocycles. The lowest BCUT2D eigenvalue weighted by atomic mass is 10.0. The number of anilines is 1. The first-order valence-corrected chi connectivity index (χ1v) is 15.2. The van der Waals surface area contributed by atoms with Crippen LogP contribution in [0.3, 0.4) is 0 Å². The van der Waals surface area contributed by atoms with E-state index in [0.717, 1.165) is 54.5 Å². The second-order valence-electron chi connectivity index (χ2n) is 10.2. The molecule has 3 aromatic carbocycles. The maximum absolute atomic E-state index is 14.8. The third-order valence-electron chi connectivity index (χ3n) is 7.14. The van der Waals surface area contributed by atoms with Crippen molar-refractivity contribution in [2.75, 3.05) is 17.1 Å². The highest BCUT2D eigenvalue weighted by Crippen LogP contribution is 2.24. The number of hydrogen-bond donors (Lipinski definition) is 1. The molecule has 4 rings (SSSR count). The van der Waals surface area contributed by atoms with Crippen LogP contribution in [0.5, 0.6) is 0 Å². The Morgan fingerprint density at radius 3 is 2.20 bits per heavy atom. The minimum absolute atomic E-state index is 0.0686. The Bertz CT molecular complexity index is 1480. The number of nitrogens with one attached hydrogen (secondary N) is 1. The molecule has 11 heteroatoms. The number of benzene rings is 3. The van der Waals surface area contributed by atoms with E-state index in [2.05, 4.69) is 5.32 Å². The molecule has 2 amide bonds. The summed E-state index contributed by atoms with van der Waals surface area (Å²) in [5, 5.41) is 3.01. The maximum atomic E-state index is 14.8. The van der Waals surface area contributed by atoms with Gasteiger partial charge < -0.3 is 10.2 Å². The molecule has 0 bridgehead atoms. The van der Waals surface area contributed by atoms with Crippen molar-refractivity contribution in [1.82, 2.24) is 10.2 Å². The molecule has 7 nitrogen and oxygen atoms in total. The van der Waals surface area contributed by atoms with Crippen LogP contribution in [0.25, 0.3) is 0 Å². The molecule has 0 heterocycles. The van der Waals surface area contributed by atoms with Crippen LogP contribution in [0.1, 0.15) is 36.8 Å². The fourth-order valence-electron chi connectivity index (χ4n) is 4.99. The Hall–Kier alpha value is -3.86. The quantitative estimate of drug-likeness (QED) is 0.356. The molecule has 0 spiro atoms. The van der Waals surface area contributed by atoms with Gasteiger partial charge in [0.05, 0.1) is 11.9 Å². The van der Waals surface area contributed by atoms with Gasteiger partial charge in [0.2, 0.25) is 21.8 Å². The summed E-state index contributed by atoms with van der Waals surface area (Å²) in [6.07, 6.45) is 4.43. The zero-order valence-corrected chi connectivity index (χ0v) is 23.4. The van der Waals surface area contributed by atoms with E-state index in [4.69, 9.17) is 0 Å². The smallest absolute Gasteiger partial charge is 0.244 e. The summed E-state index contributed by atoms with van der Waals surface area (Å²) in [7, 11) is -4.16. The summed E-state index contributed by atoms with van der Waals surface area (Å²) in [5.41, 5.74) is 0.609. The van der Waals surface area contributed by atoms with E-state index < -0.39 is 51.9 Å². The fraction of sp³-hybridized carbons (Fsp3) is 0.333. The van der Waals surface area contributed by atoms with Crippen LogP contribution in [0.15, 0.2) is 72.8 Å². The van der Waals surface area contributed by atoms with E-state index in [9.17, 15) is 31.2 Å². The van der Waals surface area contributed by atoms with E-state index in [1.54, 1.807) is 30.3 Å². The number of carbonyl (C=O) groups is 2. The number of rotatable bonds is 11. The SMILES string of the molecule is CS(=O)(=O)N(CC(=O)N(Cc1ccccc1F)[C@@H](Cc1ccccc1)C(=O)NC1CCCC1)c1ccc(F)c(F)c1. The lowest BCUT2D eigenvalue weighted by molar-refractivity contribution is -0.140. The first-order valence-electron chi connectivity index (χ1n) is 13.3. The molecule has 0 unspecified atom stereocenters. The normalized spacial score (nSPS) is 14.4. The predicted molar refractivity (Wildman–Crippen MR) is 150 cm³/mol. The summed E-state index contributed by atoms with van der Waals surface area (Å²) >= 11 is 0. The first kappa shape index (κ1) is 30.1. The Morgan fingerprint density at radius 1 is 0.902 bits per heavy atom. The van der Waals surface area contributed by atoms with Gasteiger partial charge in [-0.15, -0.1) is 0 Å². The Balaban J connectivity index is 1.74. The number of sulfonamides is 1. The van der Waals surface area contributed by atoms with Gasteiger partial charge in [-0.3, -0.25) is 13.9 Å². The van der Waals surface area contributed by atoms with Crippen LogP contribution in [0.4, 0.5) is 18.9 Å². The molecule has 1 N–H and O–H groups in total. The molecule has 0 radical (unpaired) electrons. The minimum atomic E-state index is -4.16. The van der Waals surface area contributed by atoms with Crippen molar-refractivity contribution in [2.24, 2.45) is 0 Å². The number of hydrogen-bond acceptors (Lipinski definition) is 4. The monoisotopic (exact) mass is 587 g/mol. The van der Waals surface area contributed by atoms with Gasteiger partial charge in [0.15, 0.2) is 11.6 Å². The van der Waals surface area contributed by atoms with E-state index in [-0.39, 0.29) is 30.3 Å². The highest BCUT2D eigenvalue weighted by atomic mass is 32.2. The molecule has 41 heavy (non-hydrogen) atoms. The number of halogens is 3. The Morgan fingerprint density at radius 2 is 1.56 bits per heavy atom. The van der Waals surface area contributed by atoms with Crippen molar-refractivity contribution in [2.45, 2.75) is 50.7 Å². The molecule has 0 aromatic heterocycles. The number of carbonyl (C=O) groups excluding carboxylic acids is 2. The van der Waals surface area contributed by atoms with Gasteiger partial charge in [0, 0.05) is 30.6 Å². The fourth-order valence-corrected chi connectivity index (χ4v) is 5.83. The average molecular weight is 588 g/mol. The van der Waals surface area contributed by atoms with Crippen molar-refractivity contribution >= 4 is 27.5 Å². The molecule has 1 saturated carbocycles. The van der Waals surface area contributed by atoms with E-state index >= 15 is 0 Å². The van der Waals surface area contributed by atoms with E-state index in [0.29, 0.717) is 10.4 Å². The summed E-state index contributed by atoms with van der Waals surface area (Å²) < 4.78 is 68.5. The molecular formula is C30H32F3N3O4S. The molecule has 218 valence electrons. The van der Waals surface area contributed by atoms with Crippen molar-refractivity contribution in [3.8, 4) is 0 Å². The van der Waals surface area contributed by atoms with Gasteiger partial charge >= 0.3 is 0 Å². The summed E-state index contributed by atoms with van der Waals surface area (Å²) in [4.78, 5) is 28.9. The molecular weight excluding hydrogens is 555 g/mol. The van der Waals surface area contributed by atoms with Gasteiger partial charge in [0.25, 0.3) is 0 Å². The molecule has 1 aliphatic rings. The lowest BCUT2D eigenvalue weighted by Gasteiger charge is -2.34. The van der Waals surface area contributed by atoms with Crippen molar-refractivity contribution in [3.05, 3.63) is 101 Å². The van der Waals surface area contributed by atoms with Crippen LogP contribution in [0, 0.1) is 17.5 Å². The summed E-state index contributed by atoms with van der Waals surface area (Å²) in [6, 6.07) is 16.1. The minimum Gasteiger partial charge on any atom is -0.352 e. The van der Waals surface area contributed by atoms with Crippen LogP contribution >= 0.6 is 0 Å². The topological polar surface area (TPSA) is 86.8 Å². The lowest BCUT2D eigenvalue weighted by Crippen LogP contribution is -2.54. The number of amides is 2. The zero-order valence-electron chi connectivity index (χ0n) is 22.6. The molecule has 1 fully saturated rings. The average Bonchev–Trinajstić information content (AvgIpc) is 3.44. The first-order chi connectivity index (χ1) is 19.5. The Labute approximate surface area is 238 Å². The second kappa shape index (κ2) is 13.2. The predicted octanol–water partition coefficient (Wildman–Crippen LogP) is 4.57.